The summed E-state index contributed by atoms with van der Waals surface area (Å²) in [5.74, 6) is 0.0531. The summed E-state index contributed by atoms with van der Waals surface area (Å²) >= 11 is 0.513. The highest BCUT2D eigenvalue weighted by Crippen LogP contribution is 2.35. The molecule has 0 atom stereocenters. The molecule has 3 rings (SSSR count). The molecule has 0 saturated carbocycles. The van der Waals surface area contributed by atoms with Gasteiger partial charge in [0.2, 0.25) is 5.88 Å². The Morgan fingerprint density at radius 3 is 2.68 bits per heavy atom. The maximum absolute atomic E-state index is 13.2. The van der Waals surface area contributed by atoms with Gasteiger partial charge in [-0.05, 0) is 18.2 Å². The van der Waals surface area contributed by atoms with E-state index in [-0.39, 0.29) is 23.3 Å². The summed E-state index contributed by atoms with van der Waals surface area (Å²) in [6.07, 6.45) is -2.14. The smallest absolute Gasteiger partial charge is 0.427 e. The Kier molecular flexibility index (Phi) is 4.84. The molecule has 0 spiro atoms. The summed E-state index contributed by atoms with van der Waals surface area (Å²) in [5, 5.41) is 2.94. The van der Waals surface area contributed by atoms with Crippen molar-refractivity contribution < 1.29 is 22.3 Å². The van der Waals surface area contributed by atoms with E-state index in [0.29, 0.717) is 16.9 Å². The maximum atomic E-state index is 13.2. The van der Waals surface area contributed by atoms with Gasteiger partial charge in [0.15, 0.2) is 5.13 Å². The van der Waals surface area contributed by atoms with E-state index in [2.05, 4.69) is 15.3 Å². The van der Waals surface area contributed by atoms with Crippen LogP contribution in [0.2, 0.25) is 0 Å². The molecular weight excluding hydrogens is 358 g/mol. The summed E-state index contributed by atoms with van der Waals surface area (Å²) in [6, 6.07) is 8.94. The largest absolute Gasteiger partial charge is 0.439 e. The third kappa shape index (κ3) is 4.44. The van der Waals surface area contributed by atoms with Gasteiger partial charge in [-0.15, -0.1) is 0 Å². The summed E-state index contributed by atoms with van der Waals surface area (Å²) in [5.41, 5.74) is 0.593. The van der Waals surface area contributed by atoms with Crippen LogP contribution in [0.5, 0.6) is 11.6 Å². The zero-order valence-electron chi connectivity index (χ0n) is 12.5. The molecule has 9 heteroatoms. The lowest BCUT2D eigenvalue weighted by Gasteiger charge is -2.10. The molecule has 0 aliphatic heterocycles. The fourth-order valence-corrected chi connectivity index (χ4v) is 2.63. The van der Waals surface area contributed by atoms with E-state index in [4.69, 9.17) is 4.74 Å². The Hall–Kier alpha value is -2.68. The quantitative estimate of drug-likeness (QED) is 0.636. The molecular formula is C16H11F4N3OS. The maximum Gasteiger partial charge on any atom is 0.427 e. The summed E-state index contributed by atoms with van der Waals surface area (Å²) in [7, 11) is 0. The van der Waals surface area contributed by atoms with Crippen molar-refractivity contribution in [2.24, 2.45) is 0 Å². The van der Waals surface area contributed by atoms with E-state index in [1.807, 2.05) is 0 Å². The third-order valence-electron chi connectivity index (χ3n) is 3.08. The van der Waals surface area contributed by atoms with Crippen LogP contribution in [0.1, 0.15) is 10.4 Å². The predicted octanol–water partition coefficient (Wildman–Crippen LogP) is 5.10. The zero-order valence-corrected chi connectivity index (χ0v) is 13.4. The van der Waals surface area contributed by atoms with Gasteiger partial charge in [0.05, 0.1) is 6.20 Å². The van der Waals surface area contributed by atoms with E-state index >= 15 is 0 Å². The van der Waals surface area contributed by atoms with E-state index < -0.39 is 16.9 Å². The minimum Gasteiger partial charge on any atom is -0.439 e. The summed E-state index contributed by atoms with van der Waals surface area (Å²) in [6.45, 7) is 0.156. The minimum atomic E-state index is -4.42. The van der Waals surface area contributed by atoms with Gasteiger partial charge in [-0.1, -0.05) is 23.5 Å². The molecule has 0 aliphatic rings. The second-order valence-electron chi connectivity index (χ2n) is 4.91. The number of alkyl halides is 3. The fourth-order valence-electron chi connectivity index (χ4n) is 1.95. The van der Waals surface area contributed by atoms with E-state index in [9.17, 15) is 17.6 Å². The molecule has 1 aromatic carbocycles. The molecule has 0 bridgehead atoms. The molecule has 0 amide bonds. The normalized spacial score (nSPS) is 11.4. The van der Waals surface area contributed by atoms with Crippen LogP contribution in [0.15, 0.2) is 48.8 Å². The lowest BCUT2D eigenvalue weighted by atomic mass is 10.2. The highest BCUT2D eigenvalue weighted by atomic mass is 32.1. The van der Waals surface area contributed by atoms with Gasteiger partial charge < -0.3 is 10.1 Å². The summed E-state index contributed by atoms with van der Waals surface area (Å²) < 4.78 is 56.5. The molecule has 130 valence electrons. The second-order valence-corrected chi connectivity index (χ2v) is 5.94. The van der Waals surface area contributed by atoms with Gasteiger partial charge in [-0.2, -0.15) is 13.2 Å². The Labute approximate surface area is 144 Å². The van der Waals surface area contributed by atoms with Crippen LogP contribution in [0, 0.1) is 5.82 Å². The van der Waals surface area contributed by atoms with Crippen LogP contribution in [0.25, 0.3) is 0 Å². The van der Waals surface area contributed by atoms with Crippen LogP contribution in [0.4, 0.5) is 22.7 Å². The van der Waals surface area contributed by atoms with Crippen molar-refractivity contribution in [3.63, 3.8) is 0 Å². The van der Waals surface area contributed by atoms with E-state index in [0.717, 1.165) is 6.20 Å². The van der Waals surface area contributed by atoms with Crippen molar-refractivity contribution in [3.8, 4) is 11.6 Å². The minimum absolute atomic E-state index is 0.132. The van der Waals surface area contributed by atoms with Crippen LogP contribution in [-0.4, -0.2) is 9.97 Å². The monoisotopic (exact) mass is 369 g/mol. The number of nitrogens with one attached hydrogen (secondary N) is 1. The Balaban J connectivity index is 1.72. The van der Waals surface area contributed by atoms with Crippen LogP contribution in [0.3, 0.4) is 0 Å². The highest BCUT2D eigenvalue weighted by Gasteiger charge is 2.33. The molecule has 0 fully saturated rings. The number of ether oxygens (including phenoxy) is 1. The molecule has 0 unspecified atom stereocenters. The molecule has 0 radical (unpaired) electrons. The Morgan fingerprint density at radius 2 is 1.96 bits per heavy atom. The molecule has 0 saturated heterocycles. The number of benzene rings is 1. The SMILES string of the molecule is Fc1cccc(Oc2ncccc2CNc2ncc(C(F)(F)F)s2)c1. The zero-order chi connectivity index (χ0) is 17.9. The van der Waals surface area contributed by atoms with Crippen molar-refractivity contribution in [3.05, 3.63) is 65.0 Å². The topological polar surface area (TPSA) is 47.0 Å². The van der Waals surface area contributed by atoms with E-state index in [1.165, 1.54) is 24.4 Å². The number of rotatable bonds is 5. The van der Waals surface area contributed by atoms with Gasteiger partial charge in [-0.3, -0.25) is 0 Å². The molecule has 2 aromatic heterocycles. The first-order valence-electron chi connectivity index (χ1n) is 7.06. The van der Waals surface area contributed by atoms with Crippen molar-refractivity contribution in [1.29, 1.82) is 0 Å². The lowest BCUT2D eigenvalue weighted by molar-refractivity contribution is -0.134. The van der Waals surface area contributed by atoms with Crippen LogP contribution >= 0.6 is 11.3 Å². The second kappa shape index (κ2) is 7.06. The Bertz CT molecular complexity index is 866. The van der Waals surface area contributed by atoms with Gasteiger partial charge in [0.25, 0.3) is 0 Å². The van der Waals surface area contributed by atoms with Crippen molar-refractivity contribution in [2.75, 3.05) is 5.32 Å². The number of pyridine rings is 1. The summed E-state index contributed by atoms with van der Waals surface area (Å²) in [4.78, 5) is 7.00. The van der Waals surface area contributed by atoms with Crippen molar-refractivity contribution in [2.45, 2.75) is 12.7 Å². The standard InChI is InChI=1S/C16H11F4N3OS/c17-11-4-1-5-12(7-11)24-14-10(3-2-6-21-14)8-22-15-23-9-13(25-15)16(18,19)20/h1-7,9H,8H2,(H,22,23). The number of hydrogen-bond donors (Lipinski definition) is 1. The number of anilines is 1. The van der Waals surface area contributed by atoms with Gasteiger partial charge in [0, 0.05) is 24.4 Å². The first kappa shape index (κ1) is 17.2. The van der Waals surface area contributed by atoms with Gasteiger partial charge in [-0.25, -0.2) is 14.4 Å². The molecule has 0 aliphatic carbocycles. The van der Waals surface area contributed by atoms with Crippen LogP contribution in [-0.2, 0) is 12.7 Å². The van der Waals surface area contributed by atoms with Gasteiger partial charge in [0.1, 0.15) is 16.4 Å². The molecule has 3 aromatic rings. The van der Waals surface area contributed by atoms with Crippen molar-refractivity contribution >= 4 is 16.5 Å². The number of hydrogen-bond acceptors (Lipinski definition) is 5. The average Bonchev–Trinajstić information content (AvgIpc) is 3.03. The Morgan fingerprint density at radius 1 is 1.12 bits per heavy atom. The number of aromatic nitrogens is 2. The van der Waals surface area contributed by atoms with Crippen LogP contribution < -0.4 is 10.1 Å². The van der Waals surface area contributed by atoms with Crippen molar-refractivity contribution in [1.82, 2.24) is 9.97 Å². The average molecular weight is 369 g/mol. The first-order valence-corrected chi connectivity index (χ1v) is 7.88. The number of thiazole rings is 1. The first-order chi connectivity index (χ1) is 11.9. The fraction of sp³-hybridized carbons (Fsp3) is 0.125. The highest BCUT2D eigenvalue weighted by molar-refractivity contribution is 7.15. The molecule has 1 N–H and O–H groups in total. The lowest BCUT2D eigenvalue weighted by Crippen LogP contribution is -2.02. The number of halogens is 4. The molecule has 25 heavy (non-hydrogen) atoms. The molecule has 4 nitrogen and oxygen atoms in total. The predicted molar refractivity (Wildman–Crippen MR) is 85.2 cm³/mol. The third-order valence-corrected chi connectivity index (χ3v) is 4.08. The van der Waals surface area contributed by atoms with Gasteiger partial charge >= 0.3 is 6.18 Å². The van der Waals surface area contributed by atoms with E-state index in [1.54, 1.807) is 18.2 Å². The molecule has 2 heterocycles. The number of nitrogens with zero attached hydrogens (tertiary/aromatic N) is 2.